The molecule has 0 aromatic heterocycles. The van der Waals surface area contributed by atoms with Crippen molar-refractivity contribution >= 4 is 19.8 Å². The van der Waals surface area contributed by atoms with Crippen LogP contribution in [0.3, 0.4) is 0 Å². The van der Waals surface area contributed by atoms with Gasteiger partial charge in [-0.2, -0.15) is 0 Å². The van der Waals surface area contributed by atoms with E-state index in [1.54, 1.807) is 7.11 Å². The fourth-order valence-corrected chi connectivity index (χ4v) is 0.0913. The molecule has 0 bridgehead atoms. The van der Waals surface area contributed by atoms with Gasteiger partial charge in [0.2, 0.25) is 0 Å². The van der Waals surface area contributed by atoms with Crippen LogP contribution in [-0.4, -0.2) is 45.2 Å². The molecule has 0 aromatic rings. The molecule has 0 saturated carbocycles. The molecule has 0 saturated heterocycles. The fourth-order valence-electron chi connectivity index (χ4n) is 0.0913. The van der Waals surface area contributed by atoms with E-state index in [0.717, 1.165) is 0 Å². The molecule has 3 heteroatoms. The van der Waals surface area contributed by atoms with E-state index < -0.39 is 0 Å². The first kappa shape index (κ1) is 9.75. The van der Waals surface area contributed by atoms with E-state index >= 15 is 0 Å². The number of hydrogen-bond acceptors (Lipinski definition) is 2. The molecule has 0 atom stereocenters. The second-order valence-electron chi connectivity index (χ2n) is 0.716. The molecule has 0 radical (unpaired) electrons. The van der Waals surface area contributed by atoms with Gasteiger partial charge in [-0.3, -0.25) is 0 Å². The van der Waals surface area contributed by atoms with E-state index in [9.17, 15) is 0 Å². The summed E-state index contributed by atoms with van der Waals surface area (Å²) in [7, 11) is 1.55. The summed E-state index contributed by atoms with van der Waals surface area (Å²) in [5.74, 6) is 0. The van der Waals surface area contributed by atoms with Gasteiger partial charge >= 0.3 is 19.8 Å². The van der Waals surface area contributed by atoms with Gasteiger partial charge in [0.15, 0.2) is 0 Å². The Morgan fingerprint density at radius 3 is 2.17 bits per heavy atom. The van der Waals surface area contributed by atoms with Crippen molar-refractivity contribution < 1.29 is 9.84 Å². The molecule has 0 aromatic carbocycles. The molecule has 0 spiro atoms. The first-order valence-electron chi connectivity index (χ1n) is 1.51. The summed E-state index contributed by atoms with van der Waals surface area (Å²) in [5.41, 5.74) is 0. The number of hydrogen-bond donors (Lipinski definition) is 1. The zero-order valence-corrected chi connectivity index (χ0v) is 3.27. The van der Waals surface area contributed by atoms with Crippen LogP contribution in [0.1, 0.15) is 0 Å². The Bertz CT molecular complexity index is 16.3. The summed E-state index contributed by atoms with van der Waals surface area (Å²) in [6.45, 7) is 0.566. The molecule has 0 aliphatic heterocycles. The summed E-state index contributed by atoms with van der Waals surface area (Å²) in [6, 6.07) is 0. The second kappa shape index (κ2) is 9.12. The van der Waals surface area contributed by atoms with Gasteiger partial charge in [0.25, 0.3) is 0 Å². The molecule has 0 aliphatic carbocycles. The van der Waals surface area contributed by atoms with Crippen molar-refractivity contribution in [1.29, 1.82) is 0 Å². The van der Waals surface area contributed by atoms with E-state index in [0.29, 0.717) is 6.61 Å². The van der Waals surface area contributed by atoms with Crippen LogP contribution in [0.25, 0.3) is 0 Å². The van der Waals surface area contributed by atoms with Crippen molar-refractivity contribution in [3.05, 3.63) is 0 Å². The van der Waals surface area contributed by atoms with Gasteiger partial charge in [0, 0.05) is 7.11 Å². The maximum atomic E-state index is 7.94. The molecule has 0 amide bonds. The van der Waals surface area contributed by atoms with Crippen molar-refractivity contribution in [3.8, 4) is 0 Å². The first-order chi connectivity index (χ1) is 2.41. The maximum absolute atomic E-state index is 7.94. The van der Waals surface area contributed by atoms with Gasteiger partial charge in [-0.05, 0) is 0 Å². The molecule has 0 aliphatic rings. The molecule has 0 unspecified atom stereocenters. The second-order valence-corrected chi connectivity index (χ2v) is 0.716. The van der Waals surface area contributed by atoms with Crippen LogP contribution in [0.15, 0.2) is 0 Å². The summed E-state index contributed by atoms with van der Waals surface area (Å²) >= 11 is 0. The van der Waals surface area contributed by atoms with Crippen LogP contribution in [-0.2, 0) is 4.74 Å². The van der Waals surface area contributed by atoms with E-state index in [-0.39, 0.29) is 26.4 Å². The monoisotopic (exact) mass is 148 g/mol. The molecule has 38 valence electrons. The topological polar surface area (TPSA) is 29.5 Å². The number of aliphatic hydroxyl groups excluding tert-OH is 1. The Morgan fingerprint density at radius 2 is 2.17 bits per heavy atom. The minimum atomic E-state index is 0. The van der Waals surface area contributed by atoms with Gasteiger partial charge in [-0.25, -0.2) is 0 Å². The zero-order chi connectivity index (χ0) is 4.12. The first-order valence-corrected chi connectivity index (χ1v) is 1.51. The summed E-state index contributed by atoms with van der Waals surface area (Å²) < 4.78 is 4.44. The van der Waals surface area contributed by atoms with Gasteiger partial charge < -0.3 is 9.84 Å². The summed E-state index contributed by atoms with van der Waals surface area (Å²) in [5, 5.41) is 7.94. The Labute approximate surface area is 50.6 Å². The predicted octanol–water partition coefficient (Wildman–Crippen LogP) is -1.56. The average molecular weight is 149 g/mol. The fraction of sp³-hybridized carbons (Fsp3) is 1.00. The zero-order valence-electron chi connectivity index (χ0n) is 3.27. The molecule has 1 N–H and O–H groups in total. The Kier molecular flexibility index (Phi) is 14.8. The van der Waals surface area contributed by atoms with Gasteiger partial charge in [0.1, 0.15) is 0 Å². The van der Waals surface area contributed by atoms with Crippen LogP contribution < -0.4 is 0 Å². The molecule has 6 heavy (non-hydrogen) atoms. The number of aliphatic hydroxyl groups is 1. The third kappa shape index (κ3) is 8.82. The quantitative estimate of drug-likeness (QED) is 0.481. The molecule has 2 nitrogen and oxygen atoms in total. The number of ether oxygens (including phenoxy) is 1. The third-order valence-corrected chi connectivity index (χ3v) is 0.295. The predicted molar refractivity (Wildman–Crippen MR) is 28.9 cm³/mol. The Balaban J connectivity index is 0. The van der Waals surface area contributed by atoms with Crippen molar-refractivity contribution in [2.24, 2.45) is 0 Å². The SMILES string of the molecule is COCCO.[GaH3]. The standard InChI is InChI=1S/C3H8O2.Ga.3H/c1-5-3-2-4;;;;/h4H,2-3H2,1H3;;;;. The van der Waals surface area contributed by atoms with Gasteiger partial charge in [0.05, 0.1) is 13.2 Å². The Hall–Kier alpha value is 0.556. The normalized spacial score (nSPS) is 7.00. The van der Waals surface area contributed by atoms with Gasteiger partial charge in [-0.1, -0.05) is 0 Å². The number of methoxy groups -OCH3 is 1. The summed E-state index contributed by atoms with van der Waals surface area (Å²) in [6.07, 6.45) is 0. The molecule has 0 rings (SSSR count). The van der Waals surface area contributed by atoms with Crippen LogP contribution in [0.4, 0.5) is 0 Å². The number of rotatable bonds is 2. The van der Waals surface area contributed by atoms with E-state index in [4.69, 9.17) is 5.11 Å². The van der Waals surface area contributed by atoms with Crippen molar-refractivity contribution in [1.82, 2.24) is 0 Å². The van der Waals surface area contributed by atoms with E-state index in [1.165, 1.54) is 0 Å². The molecular formula is C3H11GaO2. The van der Waals surface area contributed by atoms with Crippen molar-refractivity contribution in [2.45, 2.75) is 0 Å². The van der Waals surface area contributed by atoms with Crippen LogP contribution in [0.2, 0.25) is 0 Å². The molecule has 0 fully saturated rings. The van der Waals surface area contributed by atoms with Crippen molar-refractivity contribution in [3.63, 3.8) is 0 Å². The third-order valence-electron chi connectivity index (χ3n) is 0.295. The van der Waals surface area contributed by atoms with Crippen LogP contribution in [0.5, 0.6) is 0 Å². The van der Waals surface area contributed by atoms with E-state index in [2.05, 4.69) is 4.74 Å². The molecular weight excluding hydrogens is 138 g/mol. The van der Waals surface area contributed by atoms with Gasteiger partial charge in [-0.15, -0.1) is 0 Å². The van der Waals surface area contributed by atoms with Crippen molar-refractivity contribution in [2.75, 3.05) is 20.3 Å². The average Bonchev–Trinajstić information content (AvgIpc) is 1.41. The minimum absolute atomic E-state index is 0. The van der Waals surface area contributed by atoms with Crippen LogP contribution >= 0.6 is 0 Å². The Morgan fingerprint density at radius 1 is 1.67 bits per heavy atom. The molecule has 0 heterocycles. The summed E-state index contributed by atoms with van der Waals surface area (Å²) in [4.78, 5) is 0. The van der Waals surface area contributed by atoms with E-state index in [1.807, 2.05) is 0 Å². The van der Waals surface area contributed by atoms with Crippen LogP contribution in [0, 0.1) is 0 Å².